The third kappa shape index (κ3) is 3.17. The largest absolute Gasteiger partial charge is 0.458 e. The van der Waals surface area contributed by atoms with Crippen molar-refractivity contribution in [3.05, 3.63) is 11.1 Å². The number of epoxide rings is 3. The minimum atomic E-state index is -0.824. The number of rotatable bonds is 6. The van der Waals surface area contributed by atoms with Crippen molar-refractivity contribution < 1.29 is 47.5 Å². The van der Waals surface area contributed by atoms with E-state index < -0.39 is 41.5 Å². The van der Waals surface area contributed by atoms with Crippen LogP contribution in [0.5, 0.6) is 0 Å². The van der Waals surface area contributed by atoms with Gasteiger partial charge in [0.1, 0.15) is 30.0 Å². The van der Waals surface area contributed by atoms with Crippen LogP contribution in [-0.2, 0) is 47.5 Å². The molecule has 220 valence electrons. The van der Waals surface area contributed by atoms with E-state index in [1.165, 1.54) is 0 Å². The monoisotopic (exact) mass is 581 g/mol. The van der Waals surface area contributed by atoms with Crippen LogP contribution in [-0.4, -0.2) is 110 Å². The molecule has 12 heteroatoms. The Hall–Kier alpha value is -1.76. The van der Waals surface area contributed by atoms with Crippen LogP contribution in [0.25, 0.3) is 0 Å². The number of carbonyl (C=O) groups is 3. The van der Waals surface area contributed by atoms with Crippen molar-refractivity contribution in [2.45, 2.75) is 81.3 Å². The van der Waals surface area contributed by atoms with Crippen LogP contribution in [0.3, 0.4) is 0 Å². The Morgan fingerprint density at radius 3 is 2.62 bits per heavy atom. The summed E-state index contributed by atoms with van der Waals surface area (Å²) in [6.07, 6.45) is 0.891. The van der Waals surface area contributed by atoms with E-state index in [0.29, 0.717) is 45.8 Å². The smallest absolute Gasteiger partial charge is 0.344 e. The SMILES string of the molecule is CC(C)C12O[C@H]1[C@@H]1O[C@]13[C@]1(O[C@H]1C[C@H]1C4=C(CC[C@@]13C)C(=O)OC4)[C@@H]2OC(=O)COC(=O)CN1CCOCC1.Cl. The van der Waals surface area contributed by atoms with Crippen LogP contribution in [0, 0.1) is 17.3 Å². The fourth-order valence-corrected chi connectivity index (χ4v) is 9.13. The van der Waals surface area contributed by atoms with Gasteiger partial charge in [-0.2, -0.15) is 0 Å². The summed E-state index contributed by atoms with van der Waals surface area (Å²) in [6, 6.07) is 0. The number of ether oxygens (including phenoxy) is 7. The Balaban J connectivity index is 0.00000264. The molecule has 0 aromatic carbocycles. The molecule has 0 radical (unpaired) electrons. The molecule has 40 heavy (non-hydrogen) atoms. The van der Waals surface area contributed by atoms with Crippen LogP contribution < -0.4 is 0 Å². The highest BCUT2D eigenvalue weighted by Gasteiger charge is 3.01. The van der Waals surface area contributed by atoms with E-state index in [9.17, 15) is 14.4 Å². The third-order valence-electron chi connectivity index (χ3n) is 11.1. The molecule has 8 aliphatic rings. The molecule has 5 aliphatic heterocycles. The molecule has 8 rings (SSSR count). The first-order chi connectivity index (χ1) is 18.7. The molecular weight excluding hydrogens is 546 g/mol. The predicted octanol–water partition coefficient (Wildman–Crippen LogP) is 0.951. The topological polar surface area (TPSA) is 129 Å². The molecule has 0 N–H and O–H groups in total. The molecule has 0 aromatic heterocycles. The van der Waals surface area contributed by atoms with E-state index in [-0.39, 0.29) is 60.5 Å². The maximum absolute atomic E-state index is 13.2. The molecule has 2 spiro atoms. The van der Waals surface area contributed by atoms with Crippen LogP contribution in [0.1, 0.15) is 40.0 Å². The van der Waals surface area contributed by atoms with Gasteiger partial charge in [-0.05, 0) is 36.7 Å². The molecule has 4 saturated heterocycles. The fraction of sp³-hybridized carbons (Fsp3) is 0.821. The van der Waals surface area contributed by atoms with E-state index >= 15 is 0 Å². The van der Waals surface area contributed by atoms with Crippen LogP contribution >= 0.6 is 12.4 Å². The second-order valence-electron chi connectivity index (χ2n) is 12.9. The fourth-order valence-electron chi connectivity index (χ4n) is 9.13. The molecule has 5 heterocycles. The number of halogens is 1. The summed E-state index contributed by atoms with van der Waals surface area (Å²) in [5.74, 6) is -1.13. The van der Waals surface area contributed by atoms with Gasteiger partial charge in [0.05, 0.1) is 25.9 Å². The third-order valence-corrected chi connectivity index (χ3v) is 11.1. The Bertz CT molecular complexity index is 1200. The predicted molar refractivity (Wildman–Crippen MR) is 136 cm³/mol. The summed E-state index contributed by atoms with van der Waals surface area (Å²) >= 11 is 0. The number of esters is 3. The highest BCUT2D eigenvalue weighted by Crippen LogP contribution is 2.83. The lowest BCUT2D eigenvalue weighted by molar-refractivity contribution is -0.177. The van der Waals surface area contributed by atoms with Crippen molar-refractivity contribution >= 4 is 30.3 Å². The molecule has 6 fully saturated rings. The van der Waals surface area contributed by atoms with Gasteiger partial charge in [0, 0.05) is 24.1 Å². The zero-order valence-corrected chi connectivity index (χ0v) is 23.8. The average Bonchev–Trinajstić information content (AvgIpc) is 3.82. The van der Waals surface area contributed by atoms with Crippen molar-refractivity contribution in [1.82, 2.24) is 4.90 Å². The van der Waals surface area contributed by atoms with Gasteiger partial charge >= 0.3 is 17.9 Å². The number of morpholine rings is 1. The zero-order chi connectivity index (χ0) is 26.9. The highest BCUT2D eigenvalue weighted by atomic mass is 35.5. The Morgan fingerprint density at radius 2 is 1.88 bits per heavy atom. The van der Waals surface area contributed by atoms with E-state index in [2.05, 4.69) is 20.8 Å². The van der Waals surface area contributed by atoms with Crippen LogP contribution in [0.4, 0.5) is 0 Å². The zero-order valence-electron chi connectivity index (χ0n) is 23.0. The standard InChI is InChI=1S/C28H35NO10.ClH/c1-14(2)26-21(38-26)22-28(39-22)25(3)5-4-15-16(12-35-23(15)32)17(25)10-18-27(28,37-18)24(26)36-20(31)13-34-19(30)11-29-6-8-33-9-7-29;/h14,17-18,21-22,24H,4-13H2,1-3H3;1H/t17-,18-,21-,22-,24+,25-,26?,27+,28+;/m0./s1. The van der Waals surface area contributed by atoms with Crippen LogP contribution in [0.2, 0.25) is 0 Å². The first kappa shape index (κ1) is 27.1. The van der Waals surface area contributed by atoms with Gasteiger partial charge in [-0.15, -0.1) is 12.4 Å². The highest BCUT2D eigenvalue weighted by molar-refractivity contribution is 5.92. The number of nitrogens with zero attached hydrogens (tertiary/aromatic N) is 1. The number of hydrogen-bond donors (Lipinski definition) is 0. The summed E-state index contributed by atoms with van der Waals surface area (Å²) < 4.78 is 42.0. The van der Waals surface area contributed by atoms with Crippen molar-refractivity contribution in [1.29, 1.82) is 0 Å². The van der Waals surface area contributed by atoms with Gasteiger partial charge in [-0.3, -0.25) is 9.69 Å². The molecule has 9 atom stereocenters. The van der Waals surface area contributed by atoms with Crippen LogP contribution in [0.15, 0.2) is 11.1 Å². The summed E-state index contributed by atoms with van der Waals surface area (Å²) in [6.45, 7) is 8.81. The second kappa shape index (κ2) is 8.64. The summed E-state index contributed by atoms with van der Waals surface area (Å²) in [7, 11) is 0. The van der Waals surface area contributed by atoms with Crippen molar-refractivity contribution in [2.75, 3.05) is 46.1 Å². The quantitative estimate of drug-likeness (QED) is 0.252. The molecule has 0 bridgehead atoms. The van der Waals surface area contributed by atoms with E-state index in [4.69, 9.17) is 33.2 Å². The Kier molecular flexibility index (Phi) is 5.85. The first-order valence-electron chi connectivity index (χ1n) is 14.3. The maximum atomic E-state index is 13.2. The van der Waals surface area contributed by atoms with Gasteiger partial charge in [-0.1, -0.05) is 20.8 Å². The minimum absolute atomic E-state index is 0. The molecule has 11 nitrogen and oxygen atoms in total. The minimum Gasteiger partial charge on any atom is -0.458 e. The van der Waals surface area contributed by atoms with E-state index in [1.807, 2.05) is 4.90 Å². The first-order valence-corrected chi connectivity index (χ1v) is 14.3. The van der Waals surface area contributed by atoms with Crippen molar-refractivity contribution in [3.8, 4) is 0 Å². The van der Waals surface area contributed by atoms with Gasteiger partial charge in [0.15, 0.2) is 18.3 Å². The Morgan fingerprint density at radius 1 is 1.10 bits per heavy atom. The van der Waals surface area contributed by atoms with Crippen molar-refractivity contribution in [3.63, 3.8) is 0 Å². The average molecular weight is 582 g/mol. The van der Waals surface area contributed by atoms with Crippen molar-refractivity contribution in [2.24, 2.45) is 17.3 Å². The molecular formula is C28H36ClNO10. The molecule has 2 saturated carbocycles. The second-order valence-corrected chi connectivity index (χ2v) is 12.9. The number of hydrogen-bond acceptors (Lipinski definition) is 11. The lowest BCUT2D eigenvalue weighted by atomic mass is 9.46. The number of fused-ring (bicyclic) bond motifs is 4. The maximum Gasteiger partial charge on any atom is 0.344 e. The number of carbonyl (C=O) groups excluding carboxylic acids is 3. The lowest BCUT2D eigenvalue weighted by Crippen LogP contribution is -2.70. The molecule has 1 unspecified atom stereocenters. The molecule has 0 amide bonds. The van der Waals surface area contributed by atoms with E-state index in [0.717, 1.165) is 17.6 Å². The summed E-state index contributed by atoms with van der Waals surface area (Å²) in [5.41, 5.74) is -0.621. The normalized spacial score (nSPS) is 47.3. The summed E-state index contributed by atoms with van der Waals surface area (Å²) in [5, 5.41) is 0. The molecule has 3 aliphatic carbocycles. The summed E-state index contributed by atoms with van der Waals surface area (Å²) in [4.78, 5) is 39.9. The van der Waals surface area contributed by atoms with Gasteiger partial charge in [-0.25, -0.2) is 9.59 Å². The Labute approximate surface area is 238 Å². The van der Waals surface area contributed by atoms with Gasteiger partial charge in [0.2, 0.25) is 0 Å². The van der Waals surface area contributed by atoms with E-state index in [1.54, 1.807) is 0 Å². The van der Waals surface area contributed by atoms with Gasteiger partial charge < -0.3 is 33.2 Å². The molecule has 0 aromatic rings. The number of cyclic esters (lactones) is 1. The lowest BCUT2D eigenvalue weighted by Gasteiger charge is -2.53. The van der Waals surface area contributed by atoms with Gasteiger partial charge in [0.25, 0.3) is 0 Å².